The van der Waals surface area contributed by atoms with Gasteiger partial charge in [-0.2, -0.15) is 13.2 Å². The van der Waals surface area contributed by atoms with Crippen molar-refractivity contribution < 1.29 is 18.0 Å². The summed E-state index contributed by atoms with van der Waals surface area (Å²) in [7, 11) is 0. The zero-order chi connectivity index (χ0) is 11.5. The van der Waals surface area contributed by atoms with Crippen LogP contribution in [0, 0.1) is 0 Å². The molecule has 0 saturated heterocycles. The summed E-state index contributed by atoms with van der Waals surface area (Å²) in [6.45, 7) is 1.37. The number of hydrogen-bond acceptors (Lipinski definition) is 1. The van der Waals surface area contributed by atoms with Gasteiger partial charge in [0.2, 0.25) is 0 Å². The number of carbonyl (C=O) groups is 1. The summed E-state index contributed by atoms with van der Waals surface area (Å²) in [4.78, 5) is 11.0. The summed E-state index contributed by atoms with van der Waals surface area (Å²) in [6, 6.07) is 6.04. The van der Waals surface area contributed by atoms with E-state index in [-0.39, 0.29) is 11.9 Å². The number of halogens is 3. The molecule has 0 amide bonds. The average molecular weight is 214 g/mol. The third-order valence-electron chi connectivity index (χ3n) is 1.76. The van der Waals surface area contributed by atoms with Gasteiger partial charge in [0, 0.05) is 11.6 Å². The number of hydrogen-bond donors (Lipinski definition) is 0. The Labute approximate surface area is 85.2 Å². The summed E-state index contributed by atoms with van der Waals surface area (Å²) in [6.07, 6.45) is -3.25. The minimum absolute atomic E-state index is 0.145. The zero-order valence-corrected chi connectivity index (χ0v) is 8.01. The van der Waals surface area contributed by atoms with E-state index in [0.717, 1.165) is 6.08 Å². The van der Waals surface area contributed by atoms with Crippen LogP contribution in [0.15, 0.2) is 30.3 Å². The van der Waals surface area contributed by atoms with Crippen molar-refractivity contribution in [3.05, 3.63) is 41.5 Å². The summed E-state index contributed by atoms with van der Waals surface area (Å²) in [5.74, 6) is -0.169. The van der Waals surface area contributed by atoms with Gasteiger partial charge in [-0.05, 0) is 18.6 Å². The largest absolute Gasteiger partial charge is 0.409 e. The van der Waals surface area contributed by atoms with Gasteiger partial charge in [-0.15, -0.1) is 0 Å². The van der Waals surface area contributed by atoms with E-state index in [1.807, 2.05) is 0 Å². The quantitative estimate of drug-likeness (QED) is 0.689. The number of carbonyl (C=O) groups excluding carboxylic acids is 1. The Hall–Kier alpha value is -1.58. The molecule has 0 saturated carbocycles. The van der Waals surface area contributed by atoms with Crippen LogP contribution < -0.4 is 0 Å². The molecule has 0 N–H and O–H groups in total. The number of alkyl halides is 3. The lowest BCUT2D eigenvalue weighted by Crippen LogP contribution is -2.00. The highest BCUT2D eigenvalue weighted by Gasteiger charge is 2.21. The summed E-state index contributed by atoms with van der Waals surface area (Å²) in [5.41, 5.74) is 0.763. The fourth-order valence-electron chi connectivity index (χ4n) is 1.05. The first kappa shape index (κ1) is 11.5. The topological polar surface area (TPSA) is 17.1 Å². The molecule has 15 heavy (non-hydrogen) atoms. The van der Waals surface area contributed by atoms with E-state index in [0.29, 0.717) is 11.1 Å². The van der Waals surface area contributed by atoms with E-state index in [1.165, 1.54) is 19.1 Å². The first-order valence-corrected chi connectivity index (χ1v) is 4.25. The van der Waals surface area contributed by atoms with Gasteiger partial charge in [0.15, 0.2) is 5.78 Å². The highest BCUT2D eigenvalue weighted by atomic mass is 19.4. The summed E-state index contributed by atoms with van der Waals surface area (Å²) < 4.78 is 35.5. The molecule has 1 aromatic rings. The maximum Gasteiger partial charge on any atom is 0.409 e. The fraction of sp³-hybridized carbons (Fsp3) is 0.182. The predicted octanol–water partition coefficient (Wildman–Crippen LogP) is 3.46. The van der Waals surface area contributed by atoms with Crippen LogP contribution >= 0.6 is 0 Å². The molecule has 0 spiro atoms. The van der Waals surface area contributed by atoms with Crippen molar-refractivity contribution in [3.63, 3.8) is 0 Å². The molecule has 1 nitrogen and oxygen atoms in total. The normalized spacial score (nSPS) is 12.0. The van der Waals surface area contributed by atoms with E-state index in [9.17, 15) is 18.0 Å². The smallest absolute Gasteiger partial charge is 0.295 e. The van der Waals surface area contributed by atoms with Crippen molar-refractivity contribution in [2.24, 2.45) is 0 Å². The van der Waals surface area contributed by atoms with Gasteiger partial charge in [-0.3, -0.25) is 4.79 Å². The molecule has 0 aliphatic carbocycles. The Kier molecular flexibility index (Phi) is 3.29. The molecule has 0 fully saturated rings. The molecule has 0 radical (unpaired) electrons. The van der Waals surface area contributed by atoms with Crippen LogP contribution in [0.5, 0.6) is 0 Å². The molecule has 4 heteroatoms. The summed E-state index contributed by atoms with van der Waals surface area (Å²) >= 11 is 0. The predicted molar refractivity (Wildman–Crippen MR) is 51.5 cm³/mol. The lowest BCUT2D eigenvalue weighted by atomic mass is 10.1. The molecule has 0 aliphatic rings. The van der Waals surface area contributed by atoms with Crippen molar-refractivity contribution >= 4 is 11.9 Å². The Morgan fingerprint density at radius 2 is 2.00 bits per heavy atom. The standard InChI is InChI=1S/C11H9F3O/c1-8(15)10-4-2-3-9(7-10)5-6-11(12,13)14/h2-7H,1H3/b6-5+. The van der Waals surface area contributed by atoms with Gasteiger partial charge in [-0.25, -0.2) is 0 Å². The number of allylic oxidation sites excluding steroid dienone is 1. The third-order valence-corrected chi connectivity index (χ3v) is 1.76. The Balaban J connectivity index is 2.92. The van der Waals surface area contributed by atoms with E-state index < -0.39 is 6.18 Å². The van der Waals surface area contributed by atoms with Crippen molar-refractivity contribution in [2.45, 2.75) is 13.1 Å². The monoisotopic (exact) mass is 214 g/mol. The fourth-order valence-corrected chi connectivity index (χ4v) is 1.05. The minimum atomic E-state index is -4.33. The molecule has 0 aliphatic heterocycles. The van der Waals surface area contributed by atoms with Gasteiger partial charge in [0.1, 0.15) is 0 Å². The van der Waals surface area contributed by atoms with Crippen LogP contribution in [0.2, 0.25) is 0 Å². The Morgan fingerprint density at radius 3 is 2.53 bits per heavy atom. The molecule has 0 unspecified atom stereocenters. The second-order valence-corrected chi connectivity index (χ2v) is 3.06. The van der Waals surface area contributed by atoms with E-state index in [2.05, 4.69) is 0 Å². The van der Waals surface area contributed by atoms with E-state index in [1.54, 1.807) is 12.1 Å². The molecule has 0 aromatic heterocycles. The maximum absolute atomic E-state index is 11.8. The van der Waals surface area contributed by atoms with E-state index >= 15 is 0 Å². The van der Waals surface area contributed by atoms with Gasteiger partial charge in [0.05, 0.1) is 0 Å². The minimum Gasteiger partial charge on any atom is -0.295 e. The number of rotatable bonds is 2. The summed E-state index contributed by atoms with van der Waals surface area (Å²) in [5, 5.41) is 0. The Bertz CT molecular complexity index is 391. The number of ketones is 1. The second-order valence-electron chi connectivity index (χ2n) is 3.06. The van der Waals surface area contributed by atoms with E-state index in [4.69, 9.17) is 0 Å². The second kappa shape index (κ2) is 4.29. The van der Waals surface area contributed by atoms with Crippen LogP contribution in [-0.2, 0) is 0 Å². The van der Waals surface area contributed by atoms with Crippen LogP contribution in [-0.4, -0.2) is 12.0 Å². The molecule has 0 bridgehead atoms. The highest BCUT2D eigenvalue weighted by molar-refractivity contribution is 5.94. The Morgan fingerprint density at radius 1 is 1.33 bits per heavy atom. The molecular weight excluding hydrogens is 205 g/mol. The average Bonchev–Trinajstić information content (AvgIpc) is 2.14. The lowest BCUT2D eigenvalue weighted by Gasteiger charge is -1.99. The molecule has 80 valence electrons. The van der Waals surface area contributed by atoms with Crippen molar-refractivity contribution in [1.29, 1.82) is 0 Å². The number of benzene rings is 1. The molecule has 1 rings (SSSR count). The van der Waals surface area contributed by atoms with Gasteiger partial charge in [-0.1, -0.05) is 24.3 Å². The van der Waals surface area contributed by atoms with Gasteiger partial charge < -0.3 is 0 Å². The lowest BCUT2D eigenvalue weighted by molar-refractivity contribution is -0.0790. The van der Waals surface area contributed by atoms with Crippen LogP contribution in [0.25, 0.3) is 6.08 Å². The number of Topliss-reactive ketones (excluding diaryl/α,β-unsaturated/α-hetero) is 1. The van der Waals surface area contributed by atoms with Crippen molar-refractivity contribution in [1.82, 2.24) is 0 Å². The zero-order valence-electron chi connectivity index (χ0n) is 8.01. The maximum atomic E-state index is 11.8. The first-order valence-electron chi connectivity index (χ1n) is 4.25. The molecule has 0 atom stereocenters. The first-order chi connectivity index (χ1) is 6.88. The SMILES string of the molecule is CC(=O)c1cccc(/C=C/C(F)(F)F)c1. The van der Waals surface area contributed by atoms with Crippen molar-refractivity contribution in [2.75, 3.05) is 0 Å². The molecule has 1 aromatic carbocycles. The molecular formula is C11H9F3O. The van der Waals surface area contributed by atoms with Crippen molar-refractivity contribution in [3.8, 4) is 0 Å². The third kappa shape index (κ3) is 3.97. The molecule has 0 heterocycles. The van der Waals surface area contributed by atoms with Crippen LogP contribution in [0.4, 0.5) is 13.2 Å². The van der Waals surface area contributed by atoms with Crippen LogP contribution in [0.1, 0.15) is 22.8 Å². The van der Waals surface area contributed by atoms with Gasteiger partial charge >= 0.3 is 6.18 Å². The van der Waals surface area contributed by atoms with Gasteiger partial charge in [0.25, 0.3) is 0 Å². The highest BCUT2D eigenvalue weighted by Crippen LogP contribution is 2.18. The van der Waals surface area contributed by atoms with Crippen LogP contribution in [0.3, 0.4) is 0 Å².